The number of para-hydroxylation sites is 1. The molecule has 0 bridgehead atoms. The number of nitrogens with zero attached hydrogens (tertiary/aromatic N) is 3. The Morgan fingerprint density at radius 2 is 1.77 bits per heavy atom. The zero-order valence-corrected chi connectivity index (χ0v) is 19.6. The van der Waals surface area contributed by atoms with Crippen molar-refractivity contribution in [3.63, 3.8) is 0 Å². The van der Waals surface area contributed by atoms with Crippen LogP contribution in [0.1, 0.15) is 13.8 Å². The number of sulfone groups is 1. The van der Waals surface area contributed by atoms with Crippen molar-refractivity contribution >= 4 is 54.0 Å². The first-order valence-electron chi connectivity index (χ1n) is 9.81. The second kappa shape index (κ2) is 10.0. The number of hydrogen-bond donors (Lipinski definition) is 0. The molecule has 1 amide bonds. The van der Waals surface area contributed by atoms with Gasteiger partial charge in [-0.2, -0.15) is 0 Å². The Hall–Kier alpha value is -2.07. The average Bonchev–Trinajstić information content (AvgIpc) is 3.16. The smallest absolute Gasteiger partial charge is 0.244 e. The van der Waals surface area contributed by atoms with Gasteiger partial charge in [0.15, 0.2) is 15.0 Å². The van der Waals surface area contributed by atoms with Crippen molar-refractivity contribution in [1.29, 1.82) is 0 Å². The van der Waals surface area contributed by atoms with Gasteiger partial charge in [-0.05, 0) is 49.5 Å². The summed E-state index contributed by atoms with van der Waals surface area (Å²) < 4.78 is 40.3. The molecule has 0 unspecified atom stereocenters. The number of hydrogen-bond acceptors (Lipinski definition) is 6. The topological polar surface area (TPSA) is 70.6 Å². The number of carbonyl (C=O) groups is 1. The van der Waals surface area contributed by atoms with Crippen molar-refractivity contribution in [2.45, 2.75) is 18.7 Å². The summed E-state index contributed by atoms with van der Waals surface area (Å²) in [6.07, 6.45) is 0. The predicted molar refractivity (Wildman–Crippen MR) is 123 cm³/mol. The first-order chi connectivity index (χ1) is 14.7. The molecule has 2 aromatic carbocycles. The molecule has 1 aromatic heterocycles. The molecule has 0 saturated carbocycles. The fourth-order valence-corrected chi connectivity index (χ4v) is 5.44. The van der Waals surface area contributed by atoms with E-state index in [0.29, 0.717) is 16.3 Å². The van der Waals surface area contributed by atoms with Crippen molar-refractivity contribution in [3.8, 4) is 0 Å². The van der Waals surface area contributed by atoms with Crippen LogP contribution in [0.25, 0.3) is 10.2 Å². The number of rotatable bonds is 9. The van der Waals surface area contributed by atoms with E-state index in [1.165, 1.54) is 35.2 Å². The van der Waals surface area contributed by atoms with Crippen LogP contribution in [-0.2, 0) is 14.6 Å². The van der Waals surface area contributed by atoms with Crippen LogP contribution < -0.4 is 4.90 Å². The van der Waals surface area contributed by atoms with Gasteiger partial charge in [-0.25, -0.2) is 17.8 Å². The van der Waals surface area contributed by atoms with Gasteiger partial charge in [-0.1, -0.05) is 42.9 Å². The van der Waals surface area contributed by atoms with E-state index in [1.54, 1.807) is 12.1 Å². The number of likely N-dealkylation sites (N-methyl/N-ethyl adjacent to an activating group) is 1. The summed E-state index contributed by atoms with van der Waals surface area (Å²) in [5.74, 6) is -1.81. The summed E-state index contributed by atoms with van der Waals surface area (Å²) in [4.78, 5) is 20.9. The zero-order chi connectivity index (χ0) is 22.6. The van der Waals surface area contributed by atoms with E-state index >= 15 is 0 Å². The maximum Gasteiger partial charge on any atom is 0.244 e. The van der Waals surface area contributed by atoms with Crippen LogP contribution in [0.5, 0.6) is 0 Å². The number of amides is 1. The molecule has 31 heavy (non-hydrogen) atoms. The fourth-order valence-electron chi connectivity index (χ4n) is 3.09. The number of aromatic nitrogens is 1. The number of anilines is 1. The van der Waals surface area contributed by atoms with Gasteiger partial charge in [0.05, 0.1) is 9.60 Å². The van der Waals surface area contributed by atoms with Gasteiger partial charge in [0.2, 0.25) is 5.91 Å². The lowest BCUT2D eigenvalue weighted by Crippen LogP contribution is -2.41. The molecule has 0 atom stereocenters. The number of thiazole rings is 1. The monoisotopic (exact) mass is 483 g/mol. The van der Waals surface area contributed by atoms with Crippen LogP contribution in [0.15, 0.2) is 47.4 Å². The molecule has 166 valence electrons. The summed E-state index contributed by atoms with van der Waals surface area (Å²) in [5, 5.41) is 0.686. The summed E-state index contributed by atoms with van der Waals surface area (Å²) in [6.45, 7) is 6.38. The minimum atomic E-state index is -3.88. The Morgan fingerprint density at radius 3 is 2.39 bits per heavy atom. The third-order valence-electron chi connectivity index (χ3n) is 4.91. The van der Waals surface area contributed by atoms with E-state index in [-0.39, 0.29) is 22.1 Å². The predicted octanol–water partition coefficient (Wildman–Crippen LogP) is 4.24. The second-order valence-electron chi connectivity index (χ2n) is 6.87. The third-order valence-corrected chi connectivity index (χ3v) is 7.82. The molecule has 1 heterocycles. The molecule has 0 fully saturated rings. The molecule has 3 aromatic rings. The molecule has 0 N–H and O–H groups in total. The van der Waals surface area contributed by atoms with Crippen molar-refractivity contribution in [3.05, 3.63) is 53.3 Å². The van der Waals surface area contributed by atoms with Crippen LogP contribution in [0, 0.1) is 5.82 Å². The van der Waals surface area contributed by atoms with E-state index in [4.69, 9.17) is 11.6 Å². The van der Waals surface area contributed by atoms with Crippen LogP contribution in [0.2, 0.25) is 5.02 Å². The Morgan fingerprint density at radius 1 is 1.10 bits per heavy atom. The highest BCUT2D eigenvalue weighted by molar-refractivity contribution is 7.92. The Kier molecular flexibility index (Phi) is 7.64. The highest BCUT2D eigenvalue weighted by Crippen LogP contribution is 2.30. The van der Waals surface area contributed by atoms with Gasteiger partial charge in [-0.15, -0.1) is 0 Å². The Labute approximate surface area is 190 Å². The number of benzene rings is 2. The number of fused-ring (bicyclic) bond motifs is 1. The third kappa shape index (κ3) is 5.60. The highest BCUT2D eigenvalue weighted by Gasteiger charge is 2.27. The molecule has 3 rings (SSSR count). The van der Waals surface area contributed by atoms with E-state index in [0.717, 1.165) is 24.4 Å². The summed E-state index contributed by atoms with van der Waals surface area (Å²) in [5.41, 5.74) is 0.170. The SMILES string of the molecule is CCN(CC)CCN(C(=O)CS(=O)(=O)c1ccc(Cl)cc1)c1nc2c(F)cccc2s1. The highest BCUT2D eigenvalue weighted by atomic mass is 35.5. The lowest BCUT2D eigenvalue weighted by Gasteiger charge is -2.24. The standard InChI is InChI=1S/C21H23ClFN3O3S2/c1-3-25(4-2)12-13-26(21-24-20-17(23)6-5-7-18(20)30-21)19(27)14-31(28,29)16-10-8-15(22)9-11-16/h5-11H,3-4,12-14H2,1-2H3. The first kappa shape index (κ1) is 23.6. The molecular weight excluding hydrogens is 461 g/mol. The van der Waals surface area contributed by atoms with Crippen molar-refractivity contribution < 1.29 is 17.6 Å². The largest absolute Gasteiger partial charge is 0.302 e. The molecule has 0 saturated heterocycles. The van der Waals surface area contributed by atoms with Crippen LogP contribution >= 0.6 is 22.9 Å². The molecule has 0 aliphatic heterocycles. The van der Waals surface area contributed by atoms with Gasteiger partial charge in [0, 0.05) is 18.1 Å². The second-order valence-corrected chi connectivity index (χ2v) is 10.3. The lowest BCUT2D eigenvalue weighted by molar-refractivity contribution is -0.116. The fraction of sp³-hybridized carbons (Fsp3) is 0.333. The lowest BCUT2D eigenvalue weighted by atomic mass is 10.3. The van der Waals surface area contributed by atoms with E-state index in [9.17, 15) is 17.6 Å². The van der Waals surface area contributed by atoms with E-state index < -0.39 is 27.3 Å². The van der Waals surface area contributed by atoms with Gasteiger partial charge in [-0.3, -0.25) is 9.69 Å². The van der Waals surface area contributed by atoms with E-state index in [2.05, 4.69) is 9.88 Å². The van der Waals surface area contributed by atoms with Crippen LogP contribution in [0.4, 0.5) is 9.52 Å². The van der Waals surface area contributed by atoms with Crippen molar-refractivity contribution in [2.75, 3.05) is 36.8 Å². The van der Waals surface area contributed by atoms with Gasteiger partial charge < -0.3 is 4.90 Å². The molecular formula is C21H23ClFN3O3S2. The van der Waals surface area contributed by atoms with E-state index in [1.807, 2.05) is 13.8 Å². The summed E-state index contributed by atoms with van der Waals surface area (Å²) in [7, 11) is -3.88. The van der Waals surface area contributed by atoms with Crippen LogP contribution in [0.3, 0.4) is 0 Å². The normalized spacial score (nSPS) is 11.9. The Bertz CT molecular complexity index is 1160. The average molecular weight is 484 g/mol. The number of halogens is 2. The Balaban J connectivity index is 1.91. The quantitative estimate of drug-likeness (QED) is 0.455. The summed E-state index contributed by atoms with van der Waals surface area (Å²) >= 11 is 7.00. The maximum atomic E-state index is 14.1. The van der Waals surface area contributed by atoms with Crippen LogP contribution in [-0.4, -0.2) is 56.1 Å². The molecule has 0 radical (unpaired) electrons. The molecule has 0 aliphatic rings. The first-order valence-corrected chi connectivity index (χ1v) is 12.7. The van der Waals surface area contributed by atoms with Gasteiger partial charge >= 0.3 is 0 Å². The molecule has 6 nitrogen and oxygen atoms in total. The zero-order valence-electron chi connectivity index (χ0n) is 17.2. The molecule has 0 spiro atoms. The summed E-state index contributed by atoms with van der Waals surface area (Å²) in [6, 6.07) is 10.3. The van der Waals surface area contributed by atoms with Gasteiger partial charge in [0.1, 0.15) is 17.1 Å². The van der Waals surface area contributed by atoms with Crippen molar-refractivity contribution in [1.82, 2.24) is 9.88 Å². The molecule has 10 heteroatoms. The van der Waals surface area contributed by atoms with Crippen molar-refractivity contribution in [2.24, 2.45) is 0 Å². The number of carbonyl (C=O) groups excluding carboxylic acids is 1. The maximum absolute atomic E-state index is 14.1. The molecule has 0 aliphatic carbocycles. The minimum Gasteiger partial charge on any atom is -0.302 e. The van der Waals surface area contributed by atoms with Gasteiger partial charge in [0.25, 0.3) is 0 Å². The minimum absolute atomic E-state index is 0.0179.